The summed E-state index contributed by atoms with van der Waals surface area (Å²) < 4.78 is 0. The molecule has 0 amide bonds. The van der Waals surface area contributed by atoms with Gasteiger partial charge in [0.1, 0.15) is 0 Å². The molecule has 0 aliphatic heterocycles. The molecule has 1 aliphatic rings. The fourth-order valence-corrected chi connectivity index (χ4v) is 1.28. The SMILES string of the molecule is [CH2]N[C@H]1CC[C@H](O)CC1. The molecule has 0 aromatic heterocycles. The second kappa shape index (κ2) is 3.18. The fraction of sp³-hybridized carbons (Fsp3) is 0.857. The maximum atomic E-state index is 9.07. The van der Waals surface area contributed by atoms with Crippen molar-refractivity contribution in [1.29, 1.82) is 0 Å². The van der Waals surface area contributed by atoms with Crippen molar-refractivity contribution in [2.45, 2.75) is 37.8 Å². The van der Waals surface area contributed by atoms with Crippen LogP contribution in [-0.2, 0) is 0 Å². The van der Waals surface area contributed by atoms with E-state index in [4.69, 9.17) is 5.11 Å². The van der Waals surface area contributed by atoms with Crippen molar-refractivity contribution in [3.63, 3.8) is 0 Å². The molecule has 2 N–H and O–H groups in total. The van der Waals surface area contributed by atoms with Gasteiger partial charge in [-0.05, 0) is 25.7 Å². The van der Waals surface area contributed by atoms with Gasteiger partial charge in [0.2, 0.25) is 0 Å². The third-order valence-corrected chi connectivity index (χ3v) is 1.99. The van der Waals surface area contributed by atoms with Crippen molar-refractivity contribution < 1.29 is 5.11 Å². The molecule has 0 spiro atoms. The molecule has 53 valence electrons. The summed E-state index contributed by atoms with van der Waals surface area (Å²) in [7, 11) is 3.60. The molecular weight excluding hydrogens is 114 g/mol. The number of rotatable bonds is 1. The first-order valence-corrected chi connectivity index (χ1v) is 3.53. The van der Waals surface area contributed by atoms with Crippen molar-refractivity contribution in [2.75, 3.05) is 0 Å². The van der Waals surface area contributed by atoms with Crippen molar-refractivity contribution in [2.24, 2.45) is 0 Å². The topological polar surface area (TPSA) is 32.3 Å². The molecule has 0 aromatic carbocycles. The zero-order chi connectivity index (χ0) is 6.69. The third kappa shape index (κ3) is 1.95. The second-order valence-corrected chi connectivity index (χ2v) is 2.71. The number of hydrogen-bond acceptors (Lipinski definition) is 2. The van der Waals surface area contributed by atoms with E-state index < -0.39 is 0 Å². The standard InChI is InChI=1S/C7H14NO/c1-8-6-2-4-7(9)5-3-6/h6-9H,1-5H2/t6-,7-. The van der Waals surface area contributed by atoms with E-state index in [0.717, 1.165) is 25.7 Å². The molecule has 0 saturated heterocycles. The number of nitrogens with one attached hydrogen (secondary N) is 1. The summed E-state index contributed by atoms with van der Waals surface area (Å²) >= 11 is 0. The Morgan fingerprint density at radius 1 is 1.22 bits per heavy atom. The number of aliphatic hydroxyl groups excluding tert-OH is 1. The number of hydrogen-bond donors (Lipinski definition) is 2. The molecule has 0 bridgehead atoms. The van der Waals surface area contributed by atoms with Crippen LogP contribution >= 0.6 is 0 Å². The highest BCUT2D eigenvalue weighted by Crippen LogP contribution is 2.17. The summed E-state index contributed by atoms with van der Waals surface area (Å²) in [5.74, 6) is 0. The monoisotopic (exact) mass is 128 g/mol. The lowest BCUT2D eigenvalue weighted by Crippen LogP contribution is -2.30. The van der Waals surface area contributed by atoms with Crippen LogP contribution in [0.2, 0.25) is 0 Å². The van der Waals surface area contributed by atoms with Gasteiger partial charge in [-0.2, -0.15) is 0 Å². The predicted octanol–water partition coefficient (Wildman–Crippen LogP) is 0.671. The van der Waals surface area contributed by atoms with Crippen molar-refractivity contribution in [1.82, 2.24) is 5.32 Å². The van der Waals surface area contributed by atoms with Crippen LogP contribution in [0.3, 0.4) is 0 Å². The minimum Gasteiger partial charge on any atom is -0.393 e. The van der Waals surface area contributed by atoms with Crippen LogP contribution in [0.4, 0.5) is 0 Å². The summed E-state index contributed by atoms with van der Waals surface area (Å²) in [6.07, 6.45) is 3.98. The molecule has 1 aliphatic carbocycles. The van der Waals surface area contributed by atoms with Crippen LogP contribution in [0, 0.1) is 7.05 Å². The Balaban J connectivity index is 2.18. The highest BCUT2D eigenvalue weighted by Gasteiger charge is 2.16. The second-order valence-electron chi connectivity index (χ2n) is 2.71. The third-order valence-electron chi connectivity index (χ3n) is 1.99. The lowest BCUT2D eigenvalue weighted by Gasteiger charge is -2.24. The van der Waals surface area contributed by atoms with Gasteiger partial charge in [0, 0.05) is 13.1 Å². The molecule has 2 heteroatoms. The Morgan fingerprint density at radius 3 is 2.22 bits per heavy atom. The Kier molecular flexibility index (Phi) is 2.49. The van der Waals surface area contributed by atoms with Crippen LogP contribution < -0.4 is 5.32 Å². The highest BCUT2D eigenvalue weighted by atomic mass is 16.3. The van der Waals surface area contributed by atoms with Crippen LogP contribution in [0.15, 0.2) is 0 Å². The van der Waals surface area contributed by atoms with E-state index in [9.17, 15) is 0 Å². The van der Waals surface area contributed by atoms with E-state index in [-0.39, 0.29) is 6.10 Å². The molecule has 1 saturated carbocycles. The Bertz CT molecular complexity index is 77.0. The molecule has 0 unspecified atom stereocenters. The van der Waals surface area contributed by atoms with Gasteiger partial charge in [0.15, 0.2) is 0 Å². The molecule has 0 atom stereocenters. The zero-order valence-electron chi connectivity index (χ0n) is 5.64. The van der Waals surface area contributed by atoms with Crippen LogP contribution in [0.1, 0.15) is 25.7 Å². The molecule has 2 nitrogen and oxygen atoms in total. The van der Waals surface area contributed by atoms with Gasteiger partial charge in [-0.1, -0.05) is 0 Å². The average molecular weight is 128 g/mol. The normalized spacial score (nSPS) is 36.7. The summed E-state index contributed by atoms with van der Waals surface area (Å²) in [4.78, 5) is 0. The lowest BCUT2D eigenvalue weighted by atomic mass is 9.93. The summed E-state index contributed by atoms with van der Waals surface area (Å²) in [5, 5.41) is 12.0. The van der Waals surface area contributed by atoms with Crippen molar-refractivity contribution >= 4 is 0 Å². The van der Waals surface area contributed by atoms with E-state index >= 15 is 0 Å². The maximum Gasteiger partial charge on any atom is 0.0541 e. The van der Waals surface area contributed by atoms with Crippen molar-refractivity contribution in [3.8, 4) is 0 Å². The van der Waals surface area contributed by atoms with E-state index in [0.29, 0.717) is 6.04 Å². The van der Waals surface area contributed by atoms with E-state index in [1.165, 1.54) is 0 Å². The Morgan fingerprint density at radius 2 is 1.78 bits per heavy atom. The van der Waals surface area contributed by atoms with E-state index in [1.54, 1.807) is 0 Å². The lowest BCUT2D eigenvalue weighted by molar-refractivity contribution is 0.119. The summed E-state index contributed by atoms with van der Waals surface area (Å²) in [6.45, 7) is 0. The highest BCUT2D eigenvalue weighted by molar-refractivity contribution is 4.75. The summed E-state index contributed by atoms with van der Waals surface area (Å²) in [5.41, 5.74) is 0. The molecule has 9 heavy (non-hydrogen) atoms. The first-order valence-electron chi connectivity index (χ1n) is 3.53. The van der Waals surface area contributed by atoms with E-state index in [2.05, 4.69) is 12.4 Å². The Labute approximate surface area is 56.3 Å². The molecule has 0 heterocycles. The molecule has 1 fully saturated rings. The van der Waals surface area contributed by atoms with Gasteiger partial charge >= 0.3 is 0 Å². The summed E-state index contributed by atoms with van der Waals surface area (Å²) in [6, 6.07) is 0.549. The number of aliphatic hydroxyl groups is 1. The minimum absolute atomic E-state index is 0.0467. The van der Waals surface area contributed by atoms with Crippen LogP contribution in [0.5, 0.6) is 0 Å². The van der Waals surface area contributed by atoms with Crippen molar-refractivity contribution in [3.05, 3.63) is 7.05 Å². The molecule has 1 rings (SSSR count). The largest absolute Gasteiger partial charge is 0.393 e. The van der Waals surface area contributed by atoms with Gasteiger partial charge in [-0.25, -0.2) is 0 Å². The van der Waals surface area contributed by atoms with Crippen LogP contribution in [-0.4, -0.2) is 17.3 Å². The van der Waals surface area contributed by atoms with Crippen LogP contribution in [0.25, 0.3) is 0 Å². The Hall–Kier alpha value is -0.0800. The fourth-order valence-electron chi connectivity index (χ4n) is 1.28. The first kappa shape index (κ1) is 7.03. The van der Waals surface area contributed by atoms with Gasteiger partial charge in [-0.15, -0.1) is 0 Å². The average Bonchev–Trinajstić information content (AvgIpc) is 1.90. The van der Waals surface area contributed by atoms with Gasteiger partial charge in [0.05, 0.1) is 6.10 Å². The smallest absolute Gasteiger partial charge is 0.0541 e. The minimum atomic E-state index is -0.0467. The van der Waals surface area contributed by atoms with Gasteiger partial charge in [0.25, 0.3) is 0 Å². The molecule has 0 aromatic rings. The first-order chi connectivity index (χ1) is 4.33. The van der Waals surface area contributed by atoms with Gasteiger partial charge < -0.3 is 10.4 Å². The molecule has 1 radical (unpaired) electrons. The maximum absolute atomic E-state index is 9.07. The quantitative estimate of drug-likeness (QED) is 0.544. The zero-order valence-corrected chi connectivity index (χ0v) is 5.64. The predicted molar refractivity (Wildman–Crippen MR) is 36.8 cm³/mol. The van der Waals surface area contributed by atoms with Gasteiger partial charge in [-0.3, -0.25) is 0 Å². The molecular formula is C7H14NO. The van der Waals surface area contributed by atoms with E-state index in [1.807, 2.05) is 0 Å².